The van der Waals surface area contributed by atoms with Gasteiger partial charge in [-0.25, -0.2) is 9.97 Å². The zero-order chi connectivity index (χ0) is 9.19. The normalized spacial score (nSPS) is 11.6. The highest BCUT2D eigenvalue weighted by Crippen LogP contribution is 2.19. The lowest BCUT2D eigenvalue weighted by Crippen LogP contribution is -2.10. The minimum Gasteiger partial charge on any atom is -0.368 e. The zero-order valence-corrected chi connectivity index (χ0v) is 7.83. The summed E-state index contributed by atoms with van der Waals surface area (Å²) < 4.78 is 0. The van der Waals surface area contributed by atoms with Crippen LogP contribution in [0.2, 0.25) is 0 Å². The molecule has 0 aliphatic carbocycles. The van der Waals surface area contributed by atoms with Crippen molar-refractivity contribution in [3.8, 4) is 0 Å². The van der Waals surface area contributed by atoms with Crippen LogP contribution in [0.25, 0.3) is 0 Å². The van der Waals surface area contributed by atoms with Gasteiger partial charge in [0.2, 0.25) is 5.95 Å². The van der Waals surface area contributed by atoms with Gasteiger partial charge in [0, 0.05) is 12.4 Å². The molecule has 2 N–H and O–H groups in total. The molecule has 0 aromatic carbocycles. The molecule has 0 saturated heterocycles. The van der Waals surface area contributed by atoms with Crippen LogP contribution < -0.4 is 5.73 Å². The lowest BCUT2D eigenvalue weighted by Gasteiger charge is -2.17. The second kappa shape index (κ2) is 3.09. The fourth-order valence-electron chi connectivity index (χ4n) is 1.07. The molecule has 0 fully saturated rings. The molecule has 0 atom stereocenters. The molecule has 1 aromatic rings. The van der Waals surface area contributed by atoms with Gasteiger partial charge in [-0.3, -0.25) is 0 Å². The highest BCUT2D eigenvalue weighted by molar-refractivity contribution is 5.17. The summed E-state index contributed by atoms with van der Waals surface area (Å²) in [4.78, 5) is 7.86. The maximum Gasteiger partial charge on any atom is 0.219 e. The van der Waals surface area contributed by atoms with Crippen molar-refractivity contribution in [2.75, 3.05) is 5.73 Å². The van der Waals surface area contributed by atoms with E-state index in [1.807, 2.05) is 0 Å². The molecule has 12 heavy (non-hydrogen) atoms. The Bertz CT molecular complexity index is 245. The Hall–Kier alpha value is -1.12. The van der Waals surface area contributed by atoms with Gasteiger partial charge in [0.1, 0.15) is 0 Å². The number of aromatic nitrogens is 2. The number of nitrogen functional groups attached to an aromatic ring is 1. The molecule has 0 saturated carbocycles. The second-order valence-electron chi connectivity index (χ2n) is 4.19. The Morgan fingerprint density at radius 3 is 2.17 bits per heavy atom. The van der Waals surface area contributed by atoms with Crippen LogP contribution in [0.1, 0.15) is 26.3 Å². The fourth-order valence-corrected chi connectivity index (χ4v) is 1.07. The average Bonchev–Trinajstić information content (AvgIpc) is 1.91. The highest BCUT2D eigenvalue weighted by atomic mass is 15.0. The predicted molar refractivity (Wildman–Crippen MR) is 49.6 cm³/mol. The summed E-state index contributed by atoms with van der Waals surface area (Å²) in [7, 11) is 0. The third-order valence-electron chi connectivity index (χ3n) is 1.46. The van der Waals surface area contributed by atoms with Gasteiger partial charge >= 0.3 is 0 Å². The minimum atomic E-state index is 0.277. The third kappa shape index (κ3) is 2.86. The molecular formula is C9H15N3. The topological polar surface area (TPSA) is 51.8 Å². The first-order chi connectivity index (χ1) is 5.47. The first-order valence-corrected chi connectivity index (χ1v) is 4.04. The van der Waals surface area contributed by atoms with E-state index in [4.69, 9.17) is 5.73 Å². The van der Waals surface area contributed by atoms with Crippen LogP contribution in [0, 0.1) is 5.41 Å². The molecular weight excluding hydrogens is 150 g/mol. The number of nitrogens with zero attached hydrogens (tertiary/aromatic N) is 2. The van der Waals surface area contributed by atoms with Gasteiger partial charge in [0.25, 0.3) is 0 Å². The monoisotopic (exact) mass is 165 g/mol. The van der Waals surface area contributed by atoms with Crippen molar-refractivity contribution in [3.63, 3.8) is 0 Å². The van der Waals surface area contributed by atoms with Gasteiger partial charge in [0.15, 0.2) is 0 Å². The van der Waals surface area contributed by atoms with E-state index in [0.717, 1.165) is 12.0 Å². The Kier molecular flexibility index (Phi) is 2.31. The average molecular weight is 165 g/mol. The molecule has 1 aromatic heterocycles. The van der Waals surface area contributed by atoms with Crippen LogP contribution >= 0.6 is 0 Å². The molecule has 66 valence electrons. The number of nitrogens with two attached hydrogens (primary N) is 1. The molecule has 0 aliphatic heterocycles. The molecule has 3 heteroatoms. The summed E-state index contributed by atoms with van der Waals surface area (Å²) in [5.74, 6) is 0.340. The molecule has 0 radical (unpaired) electrons. The van der Waals surface area contributed by atoms with Gasteiger partial charge in [-0.15, -0.1) is 0 Å². The number of hydrogen-bond acceptors (Lipinski definition) is 3. The number of hydrogen-bond donors (Lipinski definition) is 1. The van der Waals surface area contributed by atoms with Gasteiger partial charge in [-0.05, 0) is 17.4 Å². The summed E-state index contributed by atoms with van der Waals surface area (Å²) in [6.07, 6.45) is 4.55. The summed E-state index contributed by atoms with van der Waals surface area (Å²) >= 11 is 0. The summed E-state index contributed by atoms with van der Waals surface area (Å²) in [6.45, 7) is 6.55. The lowest BCUT2D eigenvalue weighted by atomic mass is 9.89. The molecule has 3 nitrogen and oxygen atoms in total. The summed E-state index contributed by atoms with van der Waals surface area (Å²) in [5, 5.41) is 0. The van der Waals surface area contributed by atoms with Crippen LogP contribution in [0.4, 0.5) is 5.95 Å². The highest BCUT2D eigenvalue weighted by Gasteiger charge is 2.11. The largest absolute Gasteiger partial charge is 0.368 e. The number of anilines is 1. The third-order valence-corrected chi connectivity index (χ3v) is 1.46. The summed E-state index contributed by atoms with van der Waals surface area (Å²) in [5.41, 5.74) is 6.78. The van der Waals surface area contributed by atoms with Crippen molar-refractivity contribution >= 4 is 5.95 Å². The fraction of sp³-hybridized carbons (Fsp3) is 0.556. The van der Waals surface area contributed by atoms with Crippen molar-refractivity contribution in [1.82, 2.24) is 9.97 Å². The van der Waals surface area contributed by atoms with E-state index in [2.05, 4.69) is 30.7 Å². The van der Waals surface area contributed by atoms with Crippen LogP contribution in [0.15, 0.2) is 12.4 Å². The van der Waals surface area contributed by atoms with E-state index in [1.54, 1.807) is 12.4 Å². The van der Waals surface area contributed by atoms with Gasteiger partial charge < -0.3 is 5.73 Å². The van der Waals surface area contributed by atoms with E-state index in [-0.39, 0.29) is 5.41 Å². The smallest absolute Gasteiger partial charge is 0.219 e. The van der Waals surface area contributed by atoms with Crippen LogP contribution in [0.3, 0.4) is 0 Å². The molecule has 0 aliphatic rings. The SMILES string of the molecule is CC(C)(C)Cc1cnc(N)nc1. The Morgan fingerprint density at radius 1 is 1.25 bits per heavy atom. The standard InChI is InChI=1S/C9H15N3/c1-9(2,3)4-7-5-11-8(10)12-6-7/h5-6H,4H2,1-3H3,(H2,10,11,12). The van der Waals surface area contributed by atoms with Gasteiger partial charge in [0.05, 0.1) is 0 Å². The molecule has 0 unspecified atom stereocenters. The van der Waals surface area contributed by atoms with Gasteiger partial charge in [-0.1, -0.05) is 20.8 Å². The maximum absolute atomic E-state index is 5.37. The zero-order valence-electron chi connectivity index (χ0n) is 7.83. The van der Waals surface area contributed by atoms with Crippen molar-refractivity contribution in [2.45, 2.75) is 27.2 Å². The lowest BCUT2D eigenvalue weighted by molar-refractivity contribution is 0.410. The van der Waals surface area contributed by atoms with Crippen molar-refractivity contribution in [1.29, 1.82) is 0 Å². The molecule has 0 bridgehead atoms. The first-order valence-electron chi connectivity index (χ1n) is 4.04. The Morgan fingerprint density at radius 2 is 1.75 bits per heavy atom. The van der Waals surface area contributed by atoms with E-state index >= 15 is 0 Å². The molecule has 1 heterocycles. The Labute approximate surface area is 73.0 Å². The first kappa shape index (κ1) is 8.97. The van der Waals surface area contributed by atoms with Crippen molar-refractivity contribution in [3.05, 3.63) is 18.0 Å². The van der Waals surface area contributed by atoms with E-state index < -0.39 is 0 Å². The van der Waals surface area contributed by atoms with Crippen LogP contribution in [-0.4, -0.2) is 9.97 Å². The maximum atomic E-state index is 5.37. The molecule has 1 rings (SSSR count). The molecule has 0 spiro atoms. The van der Waals surface area contributed by atoms with Crippen LogP contribution in [-0.2, 0) is 6.42 Å². The minimum absolute atomic E-state index is 0.277. The van der Waals surface area contributed by atoms with E-state index in [9.17, 15) is 0 Å². The van der Waals surface area contributed by atoms with E-state index in [0.29, 0.717) is 5.95 Å². The second-order valence-corrected chi connectivity index (χ2v) is 4.19. The summed E-state index contributed by atoms with van der Waals surface area (Å²) in [6, 6.07) is 0. The van der Waals surface area contributed by atoms with Crippen molar-refractivity contribution < 1.29 is 0 Å². The molecule has 0 amide bonds. The van der Waals surface area contributed by atoms with Crippen molar-refractivity contribution in [2.24, 2.45) is 5.41 Å². The quantitative estimate of drug-likeness (QED) is 0.688. The van der Waals surface area contributed by atoms with E-state index in [1.165, 1.54) is 0 Å². The Balaban J connectivity index is 2.71. The predicted octanol–water partition coefficient (Wildman–Crippen LogP) is 1.65. The van der Waals surface area contributed by atoms with Gasteiger partial charge in [-0.2, -0.15) is 0 Å². The number of rotatable bonds is 1. The van der Waals surface area contributed by atoms with Crippen LogP contribution in [0.5, 0.6) is 0 Å².